The van der Waals surface area contributed by atoms with Gasteiger partial charge in [-0.05, 0) is 6.92 Å². The monoisotopic (exact) mass is 356 g/mol. The number of alkyl halides is 4. The number of hydrogen-bond acceptors (Lipinski definition) is 6. The standard InChI is InChI=1S/C9H9F5O7S/c1-4(10)6(15)21-5(2)9(13,14)7(16)20-3-8(11,12)22(17,18)19/h5H,1,3H2,2H3,(H,17,18,19). The van der Waals surface area contributed by atoms with E-state index in [2.05, 4.69) is 16.1 Å². The van der Waals surface area contributed by atoms with Crippen LogP contribution in [0.3, 0.4) is 0 Å². The number of halogens is 5. The van der Waals surface area contributed by atoms with Crippen LogP contribution in [0, 0.1) is 0 Å². The van der Waals surface area contributed by atoms with E-state index in [0.29, 0.717) is 6.92 Å². The maximum absolute atomic E-state index is 13.3. The molecule has 0 aliphatic heterocycles. The van der Waals surface area contributed by atoms with Gasteiger partial charge in [0.05, 0.1) is 0 Å². The lowest BCUT2D eigenvalue weighted by Crippen LogP contribution is -2.45. The van der Waals surface area contributed by atoms with Gasteiger partial charge < -0.3 is 9.47 Å². The maximum Gasteiger partial charge on any atom is 0.402 e. The van der Waals surface area contributed by atoms with E-state index in [1.54, 1.807) is 0 Å². The Kier molecular flexibility index (Phi) is 6.03. The van der Waals surface area contributed by atoms with Crippen LogP contribution in [0.5, 0.6) is 0 Å². The van der Waals surface area contributed by atoms with Gasteiger partial charge in [-0.25, -0.2) is 9.59 Å². The summed E-state index contributed by atoms with van der Waals surface area (Å²) in [6.07, 6.45) is -2.63. The summed E-state index contributed by atoms with van der Waals surface area (Å²) in [5.74, 6) is -11.1. The zero-order valence-electron chi connectivity index (χ0n) is 10.7. The second-order valence-corrected chi connectivity index (χ2v) is 5.31. The van der Waals surface area contributed by atoms with Crippen molar-refractivity contribution < 1.29 is 54.0 Å². The fraction of sp³-hybridized carbons (Fsp3) is 0.556. The van der Waals surface area contributed by atoms with Crippen LogP contribution >= 0.6 is 0 Å². The first-order valence-electron chi connectivity index (χ1n) is 5.08. The SMILES string of the molecule is C=C(F)C(=O)OC(C)C(F)(F)C(=O)OCC(F)(F)S(=O)(=O)O. The number of ether oxygens (including phenoxy) is 2. The molecule has 0 heterocycles. The third kappa shape index (κ3) is 4.91. The molecule has 0 aromatic rings. The maximum atomic E-state index is 13.3. The highest BCUT2D eigenvalue weighted by atomic mass is 32.2. The van der Waals surface area contributed by atoms with Crippen molar-refractivity contribution in [3.63, 3.8) is 0 Å². The van der Waals surface area contributed by atoms with Crippen molar-refractivity contribution in [2.24, 2.45) is 0 Å². The van der Waals surface area contributed by atoms with Crippen molar-refractivity contribution in [1.82, 2.24) is 0 Å². The van der Waals surface area contributed by atoms with Crippen LogP contribution in [-0.2, 0) is 29.2 Å². The topological polar surface area (TPSA) is 107 Å². The summed E-state index contributed by atoms with van der Waals surface area (Å²) in [5.41, 5.74) is 0. The van der Waals surface area contributed by atoms with Crippen molar-refractivity contribution in [3.05, 3.63) is 12.4 Å². The summed E-state index contributed by atoms with van der Waals surface area (Å²) in [6, 6.07) is 0. The molecule has 0 aromatic heterocycles. The smallest absolute Gasteiger partial charge is 0.402 e. The predicted octanol–water partition coefficient (Wildman–Crippen LogP) is 1.06. The van der Waals surface area contributed by atoms with Crippen LogP contribution in [0.15, 0.2) is 12.4 Å². The average molecular weight is 356 g/mol. The van der Waals surface area contributed by atoms with E-state index in [1.165, 1.54) is 0 Å². The van der Waals surface area contributed by atoms with Crippen LogP contribution in [0.1, 0.15) is 6.92 Å². The third-order valence-electron chi connectivity index (χ3n) is 2.04. The Bertz CT molecular complexity index is 571. The second kappa shape index (κ2) is 6.56. The first kappa shape index (κ1) is 20.2. The average Bonchev–Trinajstić information content (AvgIpc) is 2.33. The molecule has 0 saturated carbocycles. The fourth-order valence-corrected chi connectivity index (χ4v) is 0.993. The van der Waals surface area contributed by atoms with Crippen molar-refractivity contribution in [2.45, 2.75) is 24.2 Å². The molecule has 0 aliphatic carbocycles. The summed E-state index contributed by atoms with van der Waals surface area (Å²) < 4.78 is 99.9. The largest absolute Gasteiger partial charge is 0.453 e. The van der Waals surface area contributed by atoms with Gasteiger partial charge in [-0.3, -0.25) is 4.55 Å². The van der Waals surface area contributed by atoms with E-state index in [1.807, 2.05) is 0 Å². The molecule has 128 valence electrons. The number of hydrogen-bond donors (Lipinski definition) is 1. The van der Waals surface area contributed by atoms with Gasteiger partial charge in [0.25, 0.3) is 0 Å². The summed E-state index contributed by atoms with van der Waals surface area (Å²) in [4.78, 5) is 21.6. The van der Waals surface area contributed by atoms with Gasteiger partial charge in [0.2, 0.25) is 5.83 Å². The van der Waals surface area contributed by atoms with Crippen LogP contribution in [0.4, 0.5) is 22.0 Å². The van der Waals surface area contributed by atoms with E-state index in [9.17, 15) is 40.0 Å². The fourth-order valence-electron chi connectivity index (χ4n) is 0.785. The molecule has 13 heteroatoms. The Hall–Kier alpha value is -1.76. The Morgan fingerprint density at radius 1 is 1.27 bits per heavy atom. The molecule has 0 radical (unpaired) electrons. The Morgan fingerprint density at radius 2 is 1.73 bits per heavy atom. The molecule has 22 heavy (non-hydrogen) atoms. The highest BCUT2D eigenvalue weighted by Crippen LogP contribution is 2.26. The lowest BCUT2D eigenvalue weighted by molar-refractivity contribution is -0.198. The number of esters is 2. The van der Waals surface area contributed by atoms with Crippen molar-refractivity contribution in [2.75, 3.05) is 6.61 Å². The van der Waals surface area contributed by atoms with E-state index < -0.39 is 51.8 Å². The molecule has 0 saturated heterocycles. The second-order valence-electron chi connectivity index (χ2n) is 3.76. The summed E-state index contributed by atoms with van der Waals surface area (Å²) in [7, 11) is -6.00. The lowest BCUT2D eigenvalue weighted by Gasteiger charge is -2.22. The molecule has 1 unspecified atom stereocenters. The van der Waals surface area contributed by atoms with Gasteiger partial charge in [-0.15, -0.1) is 0 Å². The Labute approximate surface area is 120 Å². The van der Waals surface area contributed by atoms with Crippen LogP contribution in [0.2, 0.25) is 0 Å². The molecule has 7 nitrogen and oxygen atoms in total. The molecule has 0 spiro atoms. The van der Waals surface area contributed by atoms with Crippen molar-refractivity contribution in [3.8, 4) is 0 Å². The van der Waals surface area contributed by atoms with E-state index in [0.717, 1.165) is 0 Å². The van der Waals surface area contributed by atoms with Crippen LogP contribution < -0.4 is 0 Å². The summed E-state index contributed by atoms with van der Waals surface area (Å²) in [6.45, 7) is 0.448. The van der Waals surface area contributed by atoms with Gasteiger partial charge >= 0.3 is 33.2 Å². The van der Waals surface area contributed by atoms with Crippen LogP contribution in [-0.4, -0.2) is 48.8 Å². The van der Waals surface area contributed by atoms with Crippen LogP contribution in [0.25, 0.3) is 0 Å². The minimum atomic E-state index is -6.00. The molecule has 0 bridgehead atoms. The van der Waals surface area contributed by atoms with Gasteiger partial charge in [0.1, 0.15) is 0 Å². The Morgan fingerprint density at radius 3 is 2.09 bits per heavy atom. The number of rotatable bonds is 7. The quantitative estimate of drug-likeness (QED) is 0.315. The highest BCUT2D eigenvalue weighted by molar-refractivity contribution is 7.86. The minimum Gasteiger partial charge on any atom is -0.453 e. The summed E-state index contributed by atoms with van der Waals surface area (Å²) >= 11 is 0. The minimum absolute atomic E-state index is 0.420. The summed E-state index contributed by atoms with van der Waals surface area (Å²) in [5, 5.41) is -5.02. The zero-order chi connectivity index (χ0) is 17.9. The molecule has 0 amide bonds. The first-order valence-corrected chi connectivity index (χ1v) is 6.52. The van der Waals surface area contributed by atoms with Gasteiger partial charge in [-0.1, -0.05) is 6.58 Å². The molecular formula is C9H9F5O7S. The zero-order valence-corrected chi connectivity index (χ0v) is 11.5. The van der Waals surface area contributed by atoms with E-state index >= 15 is 0 Å². The molecule has 1 N–H and O–H groups in total. The lowest BCUT2D eigenvalue weighted by atomic mass is 10.2. The van der Waals surface area contributed by atoms with E-state index in [4.69, 9.17) is 4.55 Å². The van der Waals surface area contributed by atoms with Crippen molar-refractivity contribution in [1.29, 1.82) is 0 Å². The molecule has 0 fully saturated rings. The molecular weight excluding hydrogens is 347 g/mol. The highest BCUT2D eigenvalue weighted by Gasteiger charge is 2.52. The van der Waals surface area contributed by atoms with Crippen molar-refractivity contribution >= 4 is 22.1 Å². The third-order valence-corrected chi connectivity index (χ3v) is 2.91. The van der Waals surface area contributed by atoms with Gasteiger partial charge in [-0.2, -0.15) is 30.4 Å². The molecule has 0 aromatic carbocycles. The number of carbonyl (C=O) groups excluding carboxylic acids is 2. The predicted molar refractivity (Wildman–Crippen MR) is 58.2 cm³/mol. The van der Waals surface area contributed by atoms with Gasteiger partial charge in [0.15, 0.2) is 12.7 Å². The van der Waals surface area contributed by atoms with Gasteiger partial charge in [0, 0.05) is 0 Å². The first-order chi connectivity index (χ1) is 9.63. The normalized spacial score (nSPS) is 14.1. The molecule has 0 rings (SSSR count). The number of carbonyl (C=O) groups is 2. The molecule has 1 atom stereocenters. The Balaban J connectivity index is 4.90. The van der Waals surface area contributed by atoms with E-state index in [-0.39, 0.29) is 0 Å². The molecule has 0 aliphatic rings.